The third-order valence-electron chi connectivity index (χ3n) is 8.10. The summed E-state index contributed by atoms with van der Waals surface area (Å²) < 4.78 is 18.1. The number of nitrogens with zero attached hydrogens (tertiary/aromatic N) is 4. The van der Waals surface area contributed by atoms with Gasteiger partial charge in [0.25, 0.3) is 0 Å². The van der Waals surface area contributed by atoms with E-state index in [1.807, 2.05) is 38.2 Å². The summed E-state index contributed by atoms with van der Waals surface area (Å²) in [5.41, 5.74) is 5.16. The molecule has 2 aliphatic rings. The summed E-state index contributed by atoms with van der Waals surface area (Å²) in [7, 11) is 1.59. The Bertz CT molecular complexity index is 1810. The van der Waals surface area contributed by atoms with Crippen molar-refractivity contribution in [2.45, 2.75) is 51.2 Å². The highest BCUT2D eigenvalue weighted by Crippen LogP contribution is 2.43. The Kier molecular flexibility index (Phi) is 6.27. The van der Waals surface area contributed by atoms with Gasteiger partial charge in [-0.3, -0.25) is 4.79 Å². The van der Waals surface area contributed by atoms with Gasteiger partial charge in [-0.2, -0.15) is 9.97 Å². The van der Waals surface area contributed by atoms with Crippen LogP contribution in [-0.2, 0) is 0 Å². The highest BCUT2D eigenvalue weighted by Gasteiger charge is 2.31. The molecular weight excluding hydrogens is 536 g/mol. The molecular formula is C31H32N6O5. The van der Waals surface area contributed by atoms with Gasteiger partial charge in [0.15, 0.2) is 23.5 Å². The SMILES string of the molecule is COc1c(Nc2nc(OC3CCC(C)(O)CC3)c3c(-c4ccc5nc(C)oc5c4)c[nH]c3n2)ccc(C=O)c1N1CC1. The van der Waals surface area contributed by atoms with E-state index in [4.69, 9.17) is 23.9 Å². The number of H-pyrrole nitrogens is 1. The lowest BCUT2D eigenvalue weighted by molar-refractivity contribution is -0.0114. The van der Waals surface area contributed by atoms with Gasteiger partial charge in [0.05, 0.1) is 29.5 Å². The van der Waals surface area contributed by atoms with Crippen LogP contribution in [-0.4, -0.2) is 63.2 Å². The van der Waals surface area contributed by atoms with Gasteiger partial charge in [0, 0.05) is 37.3 Å². The molecule has 42 heavy (non-hydrogen) atoms. The third kappa shape index (κ3) is 4.79. The quantitative estimate of drug-likeness (QED) is 0.162. The largest absolute Gasteiger partial charge is 0.492 e. The third-order valence-corrected chi connectivity index (χ3v) is 8.10. The van der Waals surface area contributed by atoms with Crippen LogP contribution in [0, 0.1) is 6.92 Å². The lowest BCUT2D eigenvalue weighted by atomic mass is 9.85. The lowest BCUT2D eigenvalue weighted by Crippen LogP contribution is -2.35. The molecule has 11 heteroatoms. The summed E-state index contributed by atoms with van der Waals surface area (Å²) in [5.74, 6) is 1.92. The van der Waals surface area contributed by atoms with Gasteiger partial charge in [-0.25, -0.2) is 4.98 Å². The fourth-order valence-corrected chi connectivity index (χ4v) is 5.77. The van der Waals surface area contributed by atoms with Crippen LogP contribution >= 0.6 is 0 Å². The first-order chi connectivity index (χ1) is 20.3. The first-order valence-corrected chi connectivity index (χ1v) is 14.2. The van der Waals surface area contributed by atoms with Crippen LogP contribution in [0.5, 0.6) is 11.6 Å². The normalized spacial score (nSPS) is 20.2. The van der Waals surface area contributed by atoms with Crippen molar-refractivity contribution < 1.29 is 23.8 Å². The van der Waals surface area contributed by atoms with E-state index in [0.29, 0.717) is 71.6 Å². The van der Waals surface area contributed by atoms with Gasteiger partial charge in [-0.15, -0.1) is 0 Å². The molecule has 1 saturated heterocycles. The predicted octanol–water partition coefficient (Wildman–Crippen LogP) is 5.53. The molecule has 0 atom stereocenters. The molecule has 2 fully saturated rings. The van der Waals surface area contributed by atoms with Crippen molar-refractivity contribution in [1.29, 1.82) is 0 Å². The van der Waals surface area contributed by atoms with Crippen LogP contribution in [0.2, 0.25) is 0 Å². The fourth-order valence-electron chi connectivity index (χ4n) is 5.77. The molecule has 7 rings (SSSR count). The van der Waals surface area contributed by atoms with Crippen molar-refractivity contribution in [1.82, 2.24) is 19.9 Å². The second kappa shape index (κ2) is 10.0. The standard InChI is InChI=1S/C31H32N6O5/c1-17-33-22-6-4-18(14-24(22)41-17)21-15-32-28-25(21)29(42-20-8-10-31(2,39)11-9-20)36-30(35-28)34-23-7-5-19(16-38)26(27(23)40-3)37-12-13-37/h4-7,14-16,20,39H,8-13H2,1-3H3,(H2,32,34,35,36). The summed E-state index contributed by atoms with van der Waals surface area (Å²) in [6.45, 7) is 5.42. The number of rotatable bonds is 8. The number of oxazole rings is 1. The molecule has 1 aliphatic heterocycles. The molecule has 1 aliphatic carbocycles. The number of aldehydes is 1. The Morgan fingerprint density at radius 2 is 1.98 bits per heavy atom. The zero-order valence-corrected chi connectivity index (χ0v) is 23.7. The predicted molar refractivity (Wildman–Crippen MR) is 159 cm³/mol. The number of nitrogens with one attached hydrogen (secondary N) is 2. The fraction of sp³-hybridized carbons (Fsp3) is 0.355. The smallest absolute Gasteiger partial charge is 0.232 e. The Labute approximate surface area is 241 Å². The molecule has 0 amide bonds. The lowest BCUT2D eigenvalue weighted by Gasteiger charge is -2.33. The maximum Gasteiger partial charge on any atom is 0.232 e. The molecule has 11 nitrogen and oxygen atoms in total. The second-order valence-corrected chi connectivity index (χ2v) is 11.3. The number of aryl methyl sites for hydroxylation is 1. The molecule has 3 N–H and O–H groups in total. The van der Waals surface area contributed by atoms with Gasteiger partial charge >= 0.3 is 0 Å². The van der Waals surface area contributed by atoms with Crippen molar-refractivity contribution in [2.75, 3.05) is 30.4 Å². The summed E-state index contributed by atoms with van der Waals surface area (Å²) in [6.07, 6.45) is 5.36. The maximum absolute atomic E-state index is 11.7. The van der Waals surface area contributed by atoms with E-state index in [1.54, 1.807) is 19.2 Å². The monoisotopic (exact) mass is 568 g/mol. The Hall–Kier alpha value is -4.64. The molecule has 0 radical (unpaired) electrons. The Balaban J connectivity index is 1.31. The van der Waals surface area contributed by atoms with Gasteiger partial charge in [-0.1, -0.05) is 6.07 Å². The van der Waals surface area contributed by atoms with Crippen LogP contribution in [0.1, 0.15) is 48.9 Å². The van der Waals surface area contributed by atoms with E-state index in [9.17, 15) is 9.90 Å². The van der Waals surface area contributed by atoms with Crippen molar-refractivity contribution >= 4 is 45.7 Å². The number of aromatic amines is 1. The molecule has 216 valence electrons. The second-order valence-electron chi connectivity index (χ2n) is 11.3. The molecule has 5 aromatic rings. The average Bonchev–Trinajstić information content (AvgIpc) is 3.61. The highest BCUT2D eigenvalue weighted by atomic mass is 16.5. The highest BCUT2D eigenvalue weighted by molar-refractivity contribution is 5.99. The minimum absolute atomic E-state index is 0.103. The van der Waals surface area contributed by atoms with E-state index in [2.05, 4.69) is 20.2 Å². The number of ether oxygens (including phenoxy) is 2. The molecule has 2 aromatic carbocycles. The number of fused-ring (bicyclic) bond motifs is 2. The van der Waals surface area contributed by atoms with E-state index < -0.39 is 5.60 Å². The van der Waals surface area contributed by atoms with Gasteiger partial charge < -0.3 is 34.2 Å². The van der Waals surface area contributed by atoms with E-state index in [-0.39, 0.29) is 6.10 Å². The number of hydrogen-bond donors (Lipinski definition) is 3. The first-order valence-electron chi connectivity index (χ1n) is 14.2. The van der Waals surface area contributed by atoms with Crippen molar-refractivity contribution in [2.24, 2.45) is 0 Å². The van der Waals surface area contributed by atoms with Crippen molar-refractivity contribution in [3.05, 3.63) is 48.0 Å². The van der Waals surface area contributed by atoms with Crippen molar-refractivity contribution in [3.8, 4) is 22.8 Å². The number of aliphatic hydroxyl groups is 1. The zero-order valence-electron chi connectivity index (χ0n) is 23.7. The summed E-state index contributed by atoms with van der Waals surface area (Å²) in [5, 5.41) is 14.5. The topological polar surface area (TPSA) is 138 Å². The van der Waals surface area contributed by atoms with Crippen LogP contribution in [0.4, 0.5) is 17.3 Å². The minimum atomic E-state index is -0.684. The molecule has 1 saturated carbocycles. The molecule has 0 unspecified atom stereocenters. The number of carbonyl (C=O) groups excluding carboxylic acids is 1. The minimum Gasteiger partial charge on any atom is -0.492 e. The molecule has 4 heterocycles. The van der Waals surface area contributed by atoms with E-state index in [0.717, 1.165) is 47.1 Å². The number of aromatic nitrogens is 4. The molecule has 0 spiro atoms. The van der Waals surface area contributed by atoms with Crippen LogP contribution in [0.3, 0.4) is 0 Å². The number of methoxy groups -OCH3 is 1. The Morgan fingerprint density at radius 3 is 2.71 bits per heavy atom. The van der Waals surface area contributed by atoms with Gasteiger partial charge in [-0.05, 0) is 62.4 Å². The van der Waals surface area contributed by atoms with Gasteiger partial charge in [0.1, 0.15) is 17.3 Å². The summed E-state index contributed by atoms with van der Waals surface area (Å²) in [4.78, 5) is 31.2. The average molecular weight is 569 g/mol. The number of carbonyl (C=O) groups is 1. The maximum atomic E-state index is 11.7. The number of benzene rings is 2. The Morgan fingerprint density at radius 1 is 1.17 bits per heavy atom. The summed E-state index contributed by atoms with van der Waals surface area (Å²) >= 11 is 0. The zero-order chi connectivity index (χ0) is 29.0. The van der Waals surface area contributed by atoms with Crippen LogP contribution in [0.15, 0.2) is 40.9 Å². The van der Waals surface area contributed by atoms with Crippen LogP contribution in [0.25, 0.3) is 33.3 Å². The van der Waals surface area contributed by atoms with Crippen molar-refractivity contribution in [3.63, 3.8) is 0 Å². The van der Waals surface area contributed by atoms with Gasteiger partial charge in [0.2, 0.25) is 11.8 Å². The van der Waals surface area contributed by atoms with E-state index in [1.165, 1.54) is 0 Å². The van der Waals surface area contributed by atoms with Crippen LogP contribution < -0.4 is 19.7 Å². The summed E-state index contributed by atoms with van der Waals surface area (Å²) in [6, 6.07) is 9.45. The first kappa shape index (κ1) is 26.3. The number of hydrogen-bond acceptors (Lipinski definition) is 10. The van der Waals surface area contributed by atoms with E-state index >= 15 is 0 Å². The molecule has 0 bridgehead atoms. The molecule has 3 aromatic heterocycles. The number of anilines is 3.